The normalized spacial score (nSPS) is 21.0. The van der Waals surface area contributed by atoms with Crippen molar-refractivity contribution in [3.63, 3.8) is 0 Å². The minimum Gasteiger partial charge on any atom is -0.369 e. The number of alkyl halides is 3. The van der Waals surface area contributed by atoms with Crippen molar-refractivity contribution >= 4 is 29.0 Å². The fourth-order valence-electron chi connectivity index (χ4n) is 3.79. The van der Waals surface area contributed by atoms with Gasteiger partial charge in [0.05, 0.1) is 17.0 Å². The first kappa shape index (κ1) is 23.5. The maximum Gasteiger partial charge on any atom is 0.418 e. The van der Waals surface area contributed by atoms with Gasteiger partial charge >= 0.3 is 6.18 Å². The van der Waals surface area contributed by atoms with Crippen LogP contribution in [0.5, 0.6) is 0 Å². The monoisotopic (exact) mass is 480 g/mol. The van der Waals surface area contributed by atoms with E-state index in [9.17, 15) is 23.1 Å². The fraction of sp³-hybridized carbons (Fsp3) is 0.429. The molecule has 4 heterocycles. The number of aromatic nitrogens is 3. The van der Waals surface area contributed by atoms with E-state index in [4.69, 9.17) is 0 Å². The summed E-state index contributed by atoms with van der Waals surface area (Å²) in [5.74, 6) is 0.891. The van der Waals surface area contributed by atoms with Crippen molar-refractivity contribution < 1.29 is 23.1 Å². The molecule has 0 bridgehead atoms. The Balaban J connectivity index is 1.29. The summed E-state index contributed by atoms with van der Waals surface area (Å²) in [4.78, 5) is 26.6. The standard InChI is InChI=1S/C21H23F3N6O2S/c22-21(23,24)15-2-1-6-26-16(15)12-25-11-13-4-8-30(9-5-13)19-27-7-3-14(28-19)10-17-18(31)29-20(32)33-17/h1-3,6-7,10,13,18,25,31H,4-5,8-9,11-12H2,(H,29,32). The molecule has 1 unspecified atom stereocenters. The topological polar surface area (TPSA) is 103 Å². The van der Waals surface area contributed by atoms with Gasteiger partial charge in [-0.2, -0.15) is 13.2 Å². The number of halogens is 3. The predicted octanol–water partition coefficient (Wildman–Crippen LogP) is 3.01. The lowest BCUT2D eigenvalue weighted by molar-refractivity contribution is -0.138. The molecule has 1 atom stereocenters. The van der Waals surface area contributed by atoms with E-state index in [1.807, 2.05) is 0 Å². The number of nitrogens with one attached hydrogen (secondary N) is 2. The van der Waals surface area contributed by atoms with Crippen molar-refractivity contribution in [3.8, 4) is 0 Å². The molecule has 0 radical (unpaired) electrons. The molecule has 2 aliphatic rings. The van der Waals surface area contributed by atoms with E-state index in [-0.39, 0.29) is 17.5 Å². The van der Waals surface area contributed by atoms with E-state index in [0.717, 1.165) is 43.8 Å². The number of nitrogens with zero attached hydrogens (tertiary/aromatic N) is 4. The minimum atomic E-state index is -4.42. The third kappa shape index (κ3) is 6.01. The van der Waals surface area contributed by atoms with E-state index in [1.165, 1.54) is 12.3 Å². The van der Waals surface area contributed by atoms with E-state index in [2.05, 4.69) is 30.5 Å². The number of hydrogen-bond donors (Lipinski definition) is 3. The summed E-state index contributed by atoms with van der Waals surface area (Å²) in [6.07, 6.45) is 0.919. The molecule has 0 aromatic carbocycles. The van der Waals surface area contributed by atoms with Crippen LogP contribution in [0.3, 0.4) is 0 Å². The van der Waals surface area contributed by atoms with Crippen LogP contribution >= 0.6 is 11.8 Å². The van der Waals surface area contributed by atoms with Gasteiger partial charge in [-0.3, -0.25) is 9.78 Å². The summed E-state index contributed by atoms with van der Waals surface area (Å²) >= 11 is 0.932. The Morgan fingerprint density at radius 2 is 2.03 bits per heavy atom. The highest BCUT2D eigenvalue weighted by Crippen LogP contribution is 2.31. The van der Waals surface area contributed by atoms with Crippen LogP contribution < -0.4 is 15.5 Å². The summed E-state index contributed by atoms with van der Waals surface area (Å²) in [5, 5.41) is 15.0. The second kappa shape index (κ2) is 10.1. The molecule has 12 heteroatoms. The number of carbonyl (C=O) groups excluding carboxylic acids is 1. The number of aliphatic hydroxyl groups excluding tert-OH is 1. The molecule has 0 aliphatic carbocycles. The highest BCUT2D eigenvalue weighted by atomic mass is 32.2. The number of pyridine rings is 1. The highest BCUT2D eigenvalue weighted by molar-refractivity contribution is 8.17. The molecule has 0 saturated carbocycles. The number of piperidine rings is 1. The summed E-state index contributed by atoms with van der Waals surface area (Å²) in [6.45, 7) is 2.12. The van der Waals surface area contributed by atoms with Crippen molar-refractivity contribution in [2.24, 2.45) is 5.92 Å². The lowest BCUT2D eigenvalue weighted by Gasteiger charge is -2.32. The van der Waals surface area contributed by atoms with E-state index < -0.39 is 18.0 Å². The van der Waals surface area contributed by atoms with Crippen molar-refractivity contribution in [3.05, 3.63) is 52.4 Å². The van der Waals surface area contributed by atoms with Gasteiger partial charge in [-0.25, -0.2) is 9.97 Å². The third-order valence-corrected chi connectivity index (χ3v) is 6.39. The SMILES string of the molecule is O=C1NC(O)C(=Cc2ccnc(N3CCC(CNCc4ncccc4C(F)(F)F)CC3)n2)S1. The second-order valence-corrected chi connectivity index (χ2v) is 8.87. The Hall–Kier alpha value is -2.70. The Morgan fingerprint density at radius 1 is 1.24 bits per heavy atom. The zero-order valence-corrected chi connectivity index (χ0v) is 18.4. The van der Waals surface area contributed by atoms with Crippen LogP contribution in [0.15, 0.2) is 35.5 Å². The van der Waals surface area contributed by atoms with Crippen LogP contribution in [0.2, 0.25) is 0 Å². The van der Waals surface area contributed by atoms with Crippen molar-refractivity contribution in [1.29, 1.82) is 0 Å². The molecule has 2 saturated heterocycles. The zero-order chi connectivity index (χ0) is 23.4. The molecule has 0 spiro atoms. The van der Waals surface area contributed by atoms with Gasteiger partial charge in [-0.05, 0) is 61.3 Å². The van der Waals surface area contributed by atoms with Crippen LogP contribution in [0, 0.1) is 5.92 Å². The molecule has 8 nitrogen and oxygen atoms in total. The third-order valence-electron chi connectivity index (χ3n) is 5.51. The first-order valence-corrected chi connectivity index (χ1v) is 11.3. The van der Waals surface area contributed by atoms with Gasteiger partial charge in [0.2, 0.25) is 5.95 Å². The number of amides is 1. The van der Waals surface area contributed by atoms with Gasteiger partial charge < -0.3 is 20.6 Å². The van der Waals surface area contributed by atoms with Crippen LogP contribution in [0.1, 0.15) is 29.8 Å². The smallest absolute Gasteiger partial charge is 0.369 e. The first-order chi connectivity index (χ1) is 15.8. The minimum absolute atomic E-state index is 0.00390. The molecule has 176 valence electrons. The van der Waals surface area contributed by atoms with E-state index in [1.54, 1.807) is 18.3 Å². The second-order valence-electron chi connectivity index (χ2n) is 7.82. The largest absolute Gasteiger partial charge is 0.418 e. The lowest BCUT2D eigenvalue weighted by atomic mass is 9.97. The summed E-state index contributed by atoms with van der Waals surface area (Å²) in [5.41, 5.74) is -0.107. The molecular formula is C21H23F3N6O2S. The van der Waals surface area contributed by atoms with Crippen LogP contribution in [-0.2, 0) is 12.7 Å². The molecule has 33 heavy (non-hydrogen) atoms. The predicted molar refractivity (Wildman–Crippen MR) is 118 cm³/mol. The Morgan fingerprint density at radius 3 is 2.73 bits per heavy atom. The van der Waals surface area contributed by atoms with Gasteiger partial charge in [0.25, 0.3) is 5.24 Å². The number of hydrogen-bond acceptors (Lipinski definition) is 8. The fourth-order valence-corrected chi connectivity index (χ4v) is 4.53. The average molecular weight is 481 g/mol. The van der Waals surface area contributed by atoms with Gasteiger partial charge in [0.15, 0.2) is 6.23 Å². The van der Waals surface area contributed by atoms with Crippen molar-refractivity contribution in [2.75, 3.05) is 24.5 Å². The Bertz CT molecular complexity index is 1030. The summed E-state index contributed by atoms with van der Waals surface area (Å²) in [6, 6.07) is 4.05. The molecule has 2 aromatic rings. The Kier molecular flexibility index (Phi) is 7.15. The average Bonchev–Trinajstić information content (AvgIpc) is 3.10. The van der Waals surface area contributed by atoms with Gasteiger partial charge in [0.1, 0.15) is 0 Å². The number of carbonyl (C=O) groups is 1. The van der Waals surface area contributed by atoms with E-state index >= 15 is 0 Å². The molecule has 1 amide bonds. The van der Waals surface area contributed by atoms with Gasteiger partial charge in [-0.15, -0.1) is 0 Å². The number of anilines is 1. The van der Waals surface area contributed by atoms with Gasteiger partial charge in [0, 0.05) is 36.9 Å². The number of rotatable bonds is 6. The van der Waals surface area contributed by atoms with Crippen LogP contribution in [0.4, 0.5) is 23.9 Å². The molecule has 4 rings (SSSR count). The summed E-state index contributed by atoms with van der Waals surface area (Å²) in [7, 11) is 0. The van der Waals surface area contributed by atoms with Crippen molar-refractivity contribution in [1.82, 2.24) is 25.6 Å². The summed E-state index contributed by atoms with van der Waals surface area (Å²) < 4.78 is 39.3. The quantitative estimate of drug-likeness (QED) is 0.580. The maximum absolute atomic E-state index is 13.1. The highest BCUT2D eigenvalue weighted by Gasteiger charge is 2.33. The first-order valence-electron chi connectivity index (χ1n) is 10.5. The van der Waals surface area contributed by atoms with Crippen LogP contribution in [0.25, 0.3) is 6.08 Å². The molecule has 2 aromatic heterocycles. The molecular weight excluding hydrogens is 457 g/mol. The molecule has 3 N–H and O–H groups in total. The van der Waals surface area contributed by atoms with E-state index in [0.29, 0.717) is 29.0 Å². The molecule has 2 fully saturated rings. The number of thioether (sulfide) groups is 1. The van der Waals surface area contributed by atoms with Crippen molar-refractivity contribution in [2.45, 2.75) is 31.8 Å². The Labute approximate surface area is 192 Å². The zero-order valence-electron chi connectivity index (χ0n) is 17.5. The van der Waals surface area contributed by atoms with Crippen LogP contribution in [-0.4, -0.2) is 51.2 Å². The molecule has 2 aliphatic heterocycles. The van der Waals surface area contributed by atoms with Gasteiger partial charge in [-0.1, -0.05) is 0 Å². The number of aliphatic hydroxyl groups is 1. The lowest BCUT2D eigenvalue weighted by Crippen LogP contribution is -2.38. The maximum atomic E-state index is 13.1.